The van der Waals surface area contributed by atoms with Gasteiger partial charge in [0.25, 0.3) is 0 Å². The first-order valence-corrected chi connectivity index (χ1v) is 6.06. The van der Waals surface area contributed by atoms with Crippen molar-refractivity contribution in [3.63, 3.8) is 0 Å². The predicted octanol–water partition coefficient (Wildman–Crippen LogP) is 4.05. The Kier molecular flexibility index (Phi) is 3.12. The van der Waals surface area contributed by atoms with Gasteiger partial charge in [-0.2, -0.15) is 0 Å². The largest absolute Gasteiger partial charge is 0.382 e. The van der Waals surface area contributed by atoms with Crippen molar-refractivity contribution in [2.45, 2.75) is 32.2 Å². The fraction of sp³-hybridized carbons (Fsp3) is 0.500. The number of anilines is 1. The summed E-state index contributed by atoms with van der Waals surface area (Å²) in [6.07, 6.45) is 4.17. The van der Waals surface area contributed by atoms with Crippen molar-refractivity contribution in [3.8, 4) is 0 Å². The number of hydrogen-bond donors (Lipinski definition) is 1. The van der Waals surface area contributed by atoms with Gasteiger partial charge in [-0.3, -0.25) is 0 Å². The summed E-state index contributed by atoms with van der Waals surface area (Å²) in [6, 6.07) is 8.89. The van der Waals surface area contributed by atoms with E-state index in [2.05, 4.69) is 46.4 Å². The van der Waals surface area contributed by atoms with E-state index < -0.39 is 0 Å². The van der Waals surface area contributed by atoms with Gasteiger partial charge in [0.2, 0.25) is 0 Å². The highest BCUT2D eigenvalue weighted by atomic mass is 79.9. The summed E-state index contributed by atoms with van der Waals surface area (Å²) in [5.41, 5.74) is 1.21. The maximum absolute atomic E-state index is 3.54. The lowest BCUT2D eigenvalue weighted by atomic mass is 10.1. The van der Waals surface area contributed by atoms with Crippen molar-refractivity contribution in [2.75, 3.05) is 5.32 Å². The van der Waals surface area contributed by atoms with Gasteiger partial charge in [0, 0.05) is 16.2 Å². The second-order valence-corrected chi connectivity index (χ2v) is 5.06. The molecular formula is C12H16BrN. The van der Waals surface area contributed by atoms with Crippen LogP contribution in [0.4, 0.5) is 5.69 Å². The van der Waals surface area contributed by atoms with Gasteiger partial charge in [-0.1, -0.05) is 25.0 Å². The topological polar surface area (TPSA) is 12.0 Å². The minimum Gasteiger partial charge on any atom is -0.382 e. The zero-order valence-electron chi connectivity index (χ0n) is 8.46. The summed E-state index contributed by atoms with van der Waals surface area (Å²) in [5.74, 6) is 0.986. The van der Waals surface area contributed by atoms with E-state index in [1.807, 2.05) is 6.07 Å². The molecule has 1 aliphatic carbocycles. The Hall–Kier alpha value is -0.500. The molecule has 0 amide bonds. The van der Waals surface area contributed by atoms with Crippen LogP contribution >= 0.6 is 15.9 Å². The molecule has 1 aromatic carbocycles. The van der Waals surface area contributed by atoms with E-state index >= 15 is 0 Å². The van der Waals surface area contributed by atoms with Crippen molar-refractivity contribution >= 4 is 21.6 Å². The highest BCUT2D eigenvalue weighted by molar-refractivity contribution is 9.10. The molecule has 76 valence electrons. The Labute approximate surface area is 94.0 Å². The summed E-state index contributed by atoms with van der Waals surface area (Å²) in [6.45, 7) is 2.26. The molecule has 1 aliphatic rings. The summed E-state index contributed by atoms with van der Waals surface area (Å²) >= 11 is 3.54. The van der Waals surface area contributed by atoms with Crippen molar-refractivity contribution in [3.05, 3.63) is 28.7 Å². The van der Waals surface area contributed by atoms with E-state index in [1.165, 1.54) is 24.9 Å². The summed E-state index contributed by atoms with van der Waals surface area (Å²) < 4.78 is 1.16. The third-order valence-corrected chi connectivity index (χ3v) is 3.35. The smallest absolute Gasteiger partial charge is 0.0486 e. The fourth-order valence-corrected chi connectivity index (χ4v) is 2.16. The van der Waals surface area contributed by atoms with Gasteiger partial charge < -0.3 is 5.32 Å². The lowest BCUT2D eigenvalue weighted by Gasteiger charge is -2.15. The highest BCUT2D eigenvalue weighted by Gasteiger charge is 2.23. The molecule has 1 atom stereocenters. The molecule has 0 spiro atoms. The molecule has 1 nitrogen and oxygen atoms in total. The van der Waals surface area contributed by atoms with Gasteiger partial charge in [-0.05, 0) is 47.3 Å². The molecule has 0 aromatic heterocycles. The Morgan fingerprint density at radius 2 is 2.14 bits per heavy atom. The summed E-state index contributed by atoms with van der Waals surface area (Å²) in [7, 11) is 0. The first-order valence-electron chi connectivity index (χ1n) is 5.27. The van der Waals surface area contributed by atoms with Gasteiger partial charge in [0.1, 0.15) is 0 Å². The van der Waals surface area contributed by atoms with Crippen LogP contribution in [0.15, 0.2) is 28.7 Å². The third-order valence-electron chi connectivity index (χ3n) is 2.66. The maximum atomic E-state index is 3.54. The average Bonchev–Trinajstić information content (AvgIpc) is 2.93. The molecule has 14 heavy (non-hydrogen) atoms. The van der Waals surface area contributed by atoms with Crippen LogP contribution in [0.2, 0.25) is 0 Å². The quantitative estimate of drug-likeness (QED) is 0.854. The van der Waals surface area contributed by atoms with Gasteiger partial charge in [-0.15, -0.1) is 0 Å². The molecule has 0 radical (unpaired) electrons. The lowest BCUT2D eigenvalue weighted by molar-refractivity contribution is 0.642. The van der Waals surface area contributed by atoms with Crippen molar-refractivity contribution in [1.82, 2.24) is 0 Å². The summed E-state index contributed by atoms with van der Waals surface area (Å²) in [4.78, 5) is 0. The molecular weight excluding hydrogens is 238 g/mol. The third kappa shape index (κ3) is 2.74. The molecule has 0 heterocycles. The minimum absolute atomic E-state index is 0.584. The van der Waals surface area contributed by atoms with E-state index in [0.717, 1.165) is 10.4 Å². The van der Waals surface area contributed by atoms with Gasteiger partial charge in [0.15, 0.2) is 0 Å². The van der Waals surface area contributed by atoms with Crippen LogP contribution in [0, 0.1) is 5.92 Å². The van der Waals surface area contributed by atoms with E-state index in [0.29, 0.717) is 6.04 Å². The first-order chi connectivity index (χ1) is 6.75. The molecule has 1 aromatic rings. The number of para-hydroxylation sites is 1. The normalized spacial score (nSPS) is 17.9. The molecule has 2 heteroatoms. The number of hydrogen-bond acceptors (Lipinski definition) is 1. The molecule has 0 aliphatic heterocycles. The van der Waals surface area contributed by atoms with Gasteiger partial charge >= 0.3 is 0 Å². The number of nitrogens with one attached hydrogen (secondary N) is 1. The zero-order chi connectivity index (χ0) is 9.97. The molecule has 1 unspecified atom stereocenters. The lowest BCUT2D eigenvalue weighted by Crippen LogP contribution is -2.15. The monoisotopic (exact) mass is 253 g/mol. The van der Waals surface area contributed by atoms with Crippen molar-refractivity contribution in [1.29, 1.82) is 0 Å². The molecule has 0 bridgehead atoms. The summed E-state index contributed by atoms with van der Waals surface area (Å²) in [5, 5.41) is 3.53. The highest BCUT2D eigenvalue weighted by Crippen LogP contribution is 2.34. The minimum atomic E-state index is 0.584. The van der Waals surface area contributed by atoms with E-state index in [4.69, 9.17) is 0 Å². The van der Waals surface area contributed by atoms with Crippen LogP contribution in [0.1, 0.15) is 26.2 Å². The SMILES string of the molecule is CC(CC1CC1)Nc1ccccc1Br. The number of benzene rings is 1. The van der Waals surface area contributed by atoms with E-state index in [-0.39, 0.29) is 0 Å². The van der Waals surface area contributed by atoms with Crippen LogP contribution in [0.3, 0.4) is 0 Å². The van der Waals surface area contributed by atoms with Gasteiger partial charge in [0.05, 0.1) is 0 Å². The molecule has 1 N–H and O–H groups in total. The Morgan fingerprint density at radius 3 is 2.79 bits per heavy atom. The predicted molar refractivity (Wildman–Crippen MR) is 64.6 cm³/mol. The Bertz CT molecular complexity index is 307. The fourth-order valence-electron chi connectivity index (χ4n) is 1.76. The van der Waals surface area contributed by atoms with E-state index in [1.54, 1.807) is 0 Å². The first kappa shape index (κ1) is 10.0. The van der Waals surface area contributed by atoms with Crippen LogP contribution in [-0.4, -0.2) is 6.04 Å². The second-order valence-electron chi connectivity index (χ2n) is 4.20. The second kappa shape index (κ2) is 4.35. The molecule has 2 rings (SSSR count). The van der Waals surface area contributed by atoms with Crippen LogP contribution in [0.5, 0.6) is 0 Å². The average molecular weight is 254 g/mol. The van der Waals surface area contributed by atoms with Crippen LogP contribution in [-0.2, 0) is 0 Å². The number of halogens is 1. The standard InChI is InChI=1S/C12H16BrN/c1-9(8-10-6-7-10)14-12-5-3-2-4-11(12)13/h2-5,9-10,14H,6-8H2,1H3. The molecule has 0 saturated heterocycles. The van der Waals surface area contributed by atoms with Crippen molar-refractivity contribution in [2.24, 2.45) is 5.92 Å². The Morgan fingerprint density at radius 1 is 1.43 bits per heavy atom. The number of rotatable bonds is 4. The van der Waals surface area contributed by atoms with Crippen molar-refractivity contribution < 1.29 is 0 Å². The van der Waals surface area contributed by atoms with Crippen LogP contribution < -0.4 is 5.32 Å². The molecule has 1 saturated carbocycles. The zero-order valence-corrected chi connectivity index (χ0v) is 10.0. The van der Waals surface area contributed by atoms with E-state index in [9.17, 15) is 0 Å². The molecule has 1 fully saturated rings. The maximum Gasteiger partial charge on any atom is 0.0486 e. The van der Waals surface area contributed by atoms with Gasteiger partial charge in [-0.25, -0.2) is 0 Å². The Balaban J connectivity index is 1.91. The van der Waals surface area contributed by atoms with Crippen LogP contribution in [0.25, 0.3) is 0 Å².